The van der Waals surface area contributed by atoms with Crippen LogP contribution in [-0.2, 0) is 6.42 Å². The second kappa shape index (κ2) is 4.96. The van der Waals surface area contributed by atoms with E-state index in [9.17, 15) is 4.39 Å². The number of nitrogens with two attached hydrogens (primary N) is 1. The van der Waals surface area contributed by atoms with Crippen molar-refractivity contribution in [3.8, 4) is 5.69 Å². The Labute approximate surface area is 133 Å². The van der Waals surface area contributed by atoms with E-state index in [-0.39, 0.29) is 17.3 Å². The fourth-order valence-electron chi connectivity index (χ4n) is 3.45. The lowest BCUT2D eigenvalue weighted by Crippen LogP contribution is -2.30. The van der Waals surface area contributed by atoms with Crippen LogP contribution in [0, 0.1) is 18.2 Å². The van der Waals surface area contributed by atoms with E-state index >= 15 is 0 Å². The Morgan fingerprint density at radius 1 is 1.33 bits per heavy atom. The predicted octanol–water partition coefficient (Wildman–Crippen LogP) is 4.66. The molecule has 2 N–H and O–H groups in total. The van der Waals surface area contributed by atoms with Gasteiger partial charge in [0.2, 0.25) is 0 Å². The summed E-state index contributed by atoms with van der Waals surface area (Å²) in [5.74, 6) is -0.220. The van der Waals surface area contributed by atoms with Crippen molar-refractivity contribution in [3.05, 3.63) is 51.5 Å². The standard InChI is InChI=1S/C17H20BrFN2/c1-10-6-12-14(20)8-17(2,3)9-16(12)21(10)15-5-4-11(18)7-13(15)19/h4-7,14H,8-9,20H2,1-3H3. The topological polar surface area (TPSA) is 30.9 Å². The second-order valence-electron chi connectivity index (χ2n) is 6.77. The maximum atomic E-state index is 14.4. The van der Waals surface area contributed by atoms with E-state index in [2.05, 4.69) is 35.8 Å². The van der Waals surface area contributed by atoms with Gasteiger partial charge in [0.25, 0.3) is 0 Å². The van der Waals surface area contributed by atoms with Crippen molar-refractivity contribution in [2.24, 2.45) is 11.1 Å². The van der Waals surface area contributed by atoms with Crippen LogP contribution in [0.3, 0.4) is 0 Å². The second-order valence-corrected chi connectivity index (χ2v) is 7.69. The van der Waals surface area contributed by atoms with E-state index in [4.69, 9.17) is 5.73 Å². The third-order valence-electron chi connectivity index (χ3n) is 4.29. The summed E-state index contributed by atoms with van der Waals surface area (Å²) in [5.41, 5.74) is 10.4. The van der Waals surface area contributed by atoms with Crippen LogP contribution < -0.4 is 5.73 Å². The van der Waals surface area contributed by atoms with Gasteiger partial charge in [-0.2, -0.15) is 0 Å². The lowest BCUT2D eigenvalue weighted by molar-refractivity contribution is 0.278. The van der Waals surface area contributed by atoms with E-state index in [1.54, 1.807) is 0 Å². The molecule has 1 aromatic carbocycles. The molecule has 2 aromatic rings. The van der Waals surface area contributed by atoms with Crippen LogP contribution >= 0.6 is 15.9 Å². The van der Waals surface area contributed by atoms with Crippen molar-refractivity contribution < 1.29 is 4.39 Å². The highest BCUT2D eigenvalue weighted by Gasteiger charge is 2.33. The number of aryl methyl sites for hydroxylation is 1. The highest BCUT2D eigenvalue weighted by Crippen LogP contribution is 2.42. The van der Waals surface area contributed by atoms with Gasteiger partial charge in [-0.05, 0) is 55.0 Å². The highest BCUT2D eigenvalue weighted by atomic mass is 79.9. The number of fused-ring (bicyclic) bond motifs is 1. The minimum absolute atomic E-state index is 0.0298. The van der Waals surface area contributed by atoms with Gasteiger partial charge in [-0.1, -0.05) is 29.8 Å². The molecule has 112 valence electrons. The first-order chi connectivity index (χ1) is 9.78. The summed E-state index contributed by atoms with van der Waals surface area (Å²) in [6, 6.07) is 7.34. The zero-order valence-electron chi connectivity index (χ0n) is 12.6. The number of rotatable bonds is 1. The summed E-state index contributed by atoms with van der Waals surface area (Å²) >= 11 is 3.31. The maximum Gasteiger partial charge on any atom is 0.148 e. The Morgan fingerprint density at radius 2 is 2.05 bits per heavy atom. The Balaban J connectivity index is 2.21. The van der Waals surface area contributed by atoms with E-state index in [0.717, 1.165) is 34.3 Å². The predicted molar refractivity (Wildman–Crippen MR) is 87.2 cm³/mol. The zero-order valence-corrected chi connectivity index (χ0v) is 14.2. The Bertz CT molecular complexity index is 703. The average molecular weight is 351 g/mol. The van der Waals surface area contributed by atoms with Gasteiger partial charge in [0.1, 0.15) is 5.82 Å². The summed E-state index contributed by atoms with van der Waals surface area (Å²) in [5, 5.41) is 0. The molecule has 1 unspecified atom stereocenters. The average Bonchev–Trinajstić information content (AvgIpc) is 2.65. The van der Waals surface area contributed by atoms with E-state index in [1.807, 2.05) is 23.6 Å². The summed E-state index contributed by atoms with van der Waals surface area (Å²) in [7, 11) is 0. The molecule has 1 aliphatic carbocycles. The maximum absolute atomic E-state index is 14.4. The first-order valence-corrected chi connectivity index (χ1v) is 8.00. The Kier molecular flexibility index (Phi) is 3.49. The fraction of sp³-hybridized carbons (Fsp3) is 0.412. The molecule has 0 saturated carbocycles. The summed E-state index contributed by atoms with van der Waals surface area (Å²) < 4.78 is 17.1. The van der Waals surface area contributed by atoms with E-state index < -0.39 is 0 Å². The van der Waals surface area contributed by atoms with Gasteiger partial charge in [-0.15, -0.1) is 0 Å². The van der Waals surface area contributed by atoms with Gasteiger partial charge in [0.05, 0.1) is 5.69 Å². The Hall–Kier alpha value is -1.13. The third kappa shape index (κ3) is 2.55. The van der Waals surface area contributed by atoms with Crippen molar-refractivity contribution in [1.29, 1.82) is 0 Å². The van der Waals surface area contributed by atoms with Gasteiger partial charge in [0, 0.05) is 21.9 Å². The molecule has 1 atom stereocenters. The molecule has 1 heterocycles. The lowest BCUT2D eigenvalue weighted by atomic mass is 9.74. The number of aromatic nitrogens is 1. The minimum atomic E-state index is -0.220. The number of hydrogen-bond donors (Lipinski definition) is 1. The molecule has 0 fully saturated rings. The van der Waals surface area contributed by atoms with Crippen molar-refractivity contribution >= 4 is 15.9 Å². The number of nitrogens with zero attached hydrogens (tertiary/aromatic N) is 1. The minimum Gasteiger partial charge on any atom is -0.324 e. The van der Waals surface area contributed by atoms with Crippen LogP contribution in [0.1, 0.15) is 43.3 Å². The third-order valence-corrected chi connectivity index (χ3v) is 4.78. The van der Waals surface area contributed by atoms with Crippen molar-refractivity contribution in [1.82, 2.24) is 4.57 Å². The van der Waals surface area contributed by atoms with Gasteiger partial charge in [-0.3, -0.25) is 0 Å². The molecule has 4 heteroatoms. The summed E-state index contributed by atoms with van der Waals surface area (Å²) in [6.45, 7) is 6.46. The normalized spacial score (nSPS) is 20.4. The molecule has 1 aromatic heterocycles. The van der Waals surface area contributed by atoms with Crippen LogP contribution in [0.15, 0.2) is 28.7 Å². The number of hydrogen-bond acceptors (Lipinski definition) is 1. The molecule has 2 nitrogen and oxygen atoms in total. The molecule has 3 rings (SSSR count). The first kappa shape index (κ1) is 14.8. The van der Waals surface area contributed by atoms with Crippen LogP contribution in [0.2, 0.25) is 0 Å². The van der Waals surface area contributed by atoms with Gasteiger partial charge < -0.3 is 10.3 Å². The fourth-order valence-corrected chi connectivity index (χ4v) is 3.78. The molecule has 0 radical (unpaired) electrons. The largest absolute Gasteiger partial charge is 0.324 e. The molecule has 0 bridgehead atoms. The molecule has 0 aliphatic heterocycles. The smallest absolute Gasteiger partial charge is 0.148 e. The van der Waals surface area contributed by atoms with Gasteiger partial charge >= 0.3 is 0 Å². The quantitative estimate of drug-likeness (QED) is 0.796. The Morgan fingerprint density at radius 3 is 2.71 bits per heavy atom. The number of benzene rings is 1. The summed E-state index contributed by atoms with van der Waals surface area (Å²) in [6.07, 6.45) is 1.88. The zero-order chi connectivity index (χ0) is 15.4. The molecule has 0 saturated heterocycles. The van der Waals surface area contributed by atoms with E-state index in [0.29, 0.717) is 5.69 Å². The van der Waals surface area contributed by atoms with Gasteiger partial charge in [-0.25, -0.2) is 4.39 Å². The van der Waals surface area contributed by atoms with Crippen LogP contribution in [0.5, 0.6) is 0 Å². The van der Waals surface area contributed by atoms with Crippen molar-refractivity contribution in [3.63, 3.8) is 0 Å². The highest BCUT2D eigenvalue weighted by molar-refractivity contribution is 9.10. The molecular weight excluding hydrogens is 331 g/mol. The SMILES string of the molecule is Cc1cc2c(n1-c1ccc(Br)cc1F)CC(C)(C)CC2N. The van der Waals surface area contributed by atoms with Crippen LogP contribution in [-0.4, -0.2) is 4.57 Å². The van der Waals surface area contributed by atoms with Gasteiger partial charge in [0.15, 0.2) is 0 Å². The van der Waals surface area contributed by atoms with Crippen LogP contribution in [0.4, 0.5) is 4.39 Å². The molecule has 0 spiro atoms. The molecule has 1 aliphatic rings. The lowest BCUT2D eigenvalue weighted by Gasteiger charge is -2.34. The molecule has 0 amide bonds. The van der Waals surface area contributed by atoms with Crippen molar-refractivity contribution in [2.45, 2.75) is 39.7 Å². The van der Waals surface area contributed by atoms with Crippen molar-refractivity contribution in [2.75, 3.05) is 0 Å². The molecule has 21 heavy (non-hydrogen) atoms. The molecular formula is C17H20BrFN2. The summed E-state index contributed by atoms with van der Waals surface area (Å²) in [4.78, 5) is 0. The first-order valence-electron chi connectivity index (χ1n) is 7.21. The van der Waals surface area contributed by atoms with E-state index in [1.165, 1.54) is 6.07 Å². The number of halogens is 2. The van der Waals surface area contributed by atoms with Crippen LogP contribution in [0.25, 0.3) is 5.69 Å². The monoisotopic (exact) mass is 350 g/mol.